The summed E-state index contributed by atoms with van der Waals surface area (Å²) in [5.74, 6) is 0.455. The number of carbonyl (C=O) groups excluding carboxylic acids is 1. The molecule has 0 saturated heterocycles. The minimum atomic E-state index is -0.502. The second-order valence-electron chi connectivity index (χ2n) is 5.32. The van der Waals surface area contributed by atoms with E-state index in [1.807, 2.05) is 36.4 Å². The van der Waals surface area contributed by atoms with Crippen LogP contribution in [0, 0.1) is 0 Å². The Balaban J connectivity index is 1.79. The van der Waals surface area contributed by atoms with Gasteiger partial charge < -0.3 is 10.7 Å². The number of benzene rings is 2. The molecule has 0 unspecified atom stereocenters. The van der Waals surface area contributed by atoms with Gasteiger partial charge in [0, 0.05) is 17.0 Å². The van der Waals surface area contributed by atoms with E-state index in [1.54, 1.807) is 18.2 Å². The first-order chi connectivity index (χ1) is 11.7. The van der Waals surface area contributed by atoms with E-state index in [-0.39, 0.29) is 5.69 Å². The van der Waals surface area contributed by atoms with Gasteiger partial charge in [0.1, 0.15) is 11.5 Å². The van der Waals surface area contributed by atoms with Crippen LogP contribution in [0.4, 0.5) is 11.6 Å². The minimum absolute atomic E-state index is 0.246. The van der Waals surface area contributed by atoms with E-state index >= 15 is 0 Å². The zero-order valence-electron chi connectivity index (χ0n) is 12.6. The lowest BCUT2D eigenvalue weighted by Gasteiger charge is -1.99. The Morgan fingerprint density at radius 3 is 2.67 bits per heavy atom. The number of fused-ring (bicyclic) bond motifs is 3. The molecule has 2 aromatic carbocycles. The summed E-state index contributed by atoms with van der Waals surface area (Å²) in [5, 5.41) is 11.6. The van der Waals surface area contributed by atoms with Gasteiger partial charge in [0.25, 0.3) is 0 Å². The van der Waals surface area contributed by atoms with Crippen molar-refractivity contribution >= 4 is 39.1 Å². The number of H-pyrrole nitrogens is 1. The number of amides is 1. The van der Waals surface area contributed by atoms with Gasteiger partial charge in [-0.25, -0.2) is 0 Å². The van der Waals surface area contributed by atoms with Crippen LogP contribution in [0.3, 0.4) is 0 Å². The molecule has 2 aromatic heterocycles. The molecular weight excluding hydrogens is 302 g/mol. The van der Waals surface area contributed by atoms with Crippen molar-refractivity contribution in [2.24, 2.45) is 10.2 Å². The molecule has 0 bridgehead atoms. The average molecular weight is 315 g/mol. The molecule has 1 amide bonds. The first-order valence-electron chi connectivity index (χ1n) is 7.40. The molecule has 0 radical (unpaired) electrons. The Morgan fingerprint density at radius 1 is 1.00 bits per heavy atom. The molecule has 6 nitrogen and oxygen atoms in total. The van der Waals surface area contributed by atoms with E-state index in [1.165, 1.54) is 6.20 Å². The highest BCUT2D eigenvalue weighted by Crippen LogP contribution is 2.36. The van der Waals surface area contributed by atoms with Crippen molar-refractivity contribution in [2.75, 3.05) is 5.73 Å². The van der Waals surface area contributed by atoms with E-state index in [2.05, 4.69) is 20.2 Å². The van der Waals surface area contributed by atoms with Crippen LogP contribution >= 0.6 is 0 Å². The van der Waals surface area contributed by atoms with Gasteiger partial charge in [-0.15, -0.1) is 10.2 Å². The smallest absolute Gasteiger partial charge is 0.313 e. The minimum Gasteiger partial charge on any atom is -0.385 e. The van der Waals surface area contributed by atoms with Crippen LogP contribution in [0.1, 0.15) is 10.5 Å². The molecule has 0 aliphatic carbocycles. The number of nitrogens with one attached hydrogen (secondary N) is 1. The lowest BCUT2D eigenvalue weighted by molar-refractivity contribution is 0.0990. The second-order valence-corrected chi connectivity index (χ2v) is 5.32. The van der Waals surface area contributed by atoms with Gasteiger partial charge in [-0.2, -0.15) is 0 Å². The zero-order valence-corrected chi connectivity index (χ0v) is 12.6. The number of nitrogens with two attached hydrogens (primary N) is 1. The van der Waals surface area contributed by atoms with Crippen molar-refractivity contribution < 1.29 is 4.79 Å². The molecule has 4 rings (SSSR count). The summed E-state index contributed by atoms with van der Waals surface area (Å²) in [4.78, 5) is 19.0. The van der Waals surface area contributed by atoms with Gasteiger partial charge in [-0.1, -0.05) is 36.4 Å². The molecule has 6 heteroatoms. The number of hydrogen-bond donors (Lipinski definition) is 2. The SMILES string of the molecule is Nc1[nH]c(N=NC(=O)c2ccccn2)c2ccc3ccccc3c12. The Labute approximate surface area is 137 Å². The van der Waals surface area contributed by atoms with Crippen LogP contribution < -0.4 is 5.73 Å². The molecule has 0 aliphatic rings. The second kappa shape index (κ2) is 5.58. The third-order valence-corrected chi connectivity index (χ3v) is 3.83. The van der Waals surface area contributed by atoms with E-state index in [0.29, 0.717) is 11.6 Å². The number of azo groups is 1. The van der Waals surface area contributed by atoms with Gasteiger partial charge in [-0.05, 0) is 29.0 Å². The number of nitrogens with zero attached hydrogens (tertiary/aromatic N) is 3. The van der Waals surface area contributed by atoms with Crippen molar-refractivity contribution in [2.45, 2.75) is 0 Å². The number of nitrogen functional groups attached to an aromatic ring is 1. The Hall–Kier alpha value is -3.54. The summed E-state index contributed by atoms with van der Waals surface area (Å²) in [6.07, 6.45) is 1.54. The van der Waals surface area contributed by atoms with Crippen molar-refractivity contribution in [3.8, 4) is 0 Å². The molecule has 24 heavy (non-hydrogen) atoms. The topological polar surface area (TPSA) is 96.5 Å². The maximum absolute atomic E-state index is 12.0. The standard InChI is InChI=1S/C18H13N5O/c19-16-15-12-6-2-1-5-11(12)8-9-13(15)17(21-16)22-23-18(24)14-7-3-4-10-20-14/h1-10,21H,19H2. The molecule has 0 spiro atoms. The molecule has 0 aliphatic heterocycles. The number of hydrogen-bond acceptors (Lipinski definition) is 4. The summed E-state index contributed by atoms with van der Waals surface area (Å²) in [7, 11) is 0. The van der Waals surface area contributed by atoms with E-state index in [9.17, 15) is 4.79 Å². The molecular formula is C18H13N5O. The third kappa shape index (κ3) is 2.30. The molecule has 4 aromatic rings. The summed E-state index contributed by atoms with van der Waals surface area (Å²) in [6, 6.07) is 16.9. The maximum Gasteiger partial charge on any atom is 0.313 e. The maximum atomic E-state index is 12.0. The number of anilines is 1. The lowest BCUT2D eigenvalue weighted by Crippen LogP contribution is -1.96. The van der Waals surface area contributed by atoms with Gasteiger partial charge in [0.05, 0.1) is 0 Å². The fraction of sp³-hybridized carbons (Fsp3) is 0. The predicted molar refractivity (Wildman–Crippen MR) is 93.3 cm³/mol. The summed E-state index contributed by atoms with van der Waals surface area (Å²) < 4.78 is 0. The van der Waals surface area contributed by atoms with Crippen LogP contribution in [0.25, 0.3) is 21.5 Å². The first kappa shape index (κ1) is 14.1. The van der Waals surface area contributed by atoms with Crippen molar-refractivity contribution in [1.82, 2.24) is 9.97 Å². The van der Waals surface area contributed by atoms with Gasteiger partial charge >= 0.3 is 5.91 Å². The third-order valence-electron chi connectivity index (χ3n) is 3.83. The Bertz CT molecular complexity index is 1080. The number of pyridine rings is 1. The predicted octanol–water partition coefficient (Wildman–Crippen LogP) is 4.22. The summed E-state index contributed by atoms with van der Waals surface area (Å²) >= 11 is 0. The van der Waals surface area contributed by atoms with Crippen molar-refractivity contribution in [1.29, 1.82) is 0 Å². The summed E-state index contributed by atoms with van der Waals surface area (Å²) in [6.45, 7) is 0. The molecule has 2 heterocycles. The largest absolute Gasteiger partial charge is 0.385 e. The molecule has 0 atom stereocenters. The molecule has 0 saturated carbocycles. The number of rotatable bonds is 2. The number of aromatic nitrogens is 2. The molecule has 3 N–H and O–H groups in total. The van der Waals surface area contributed by atoms with Crippen LogP contribution in [-0.2, 0) is 0 Å². The van der Waals surface area contributed by atoms with Crippen LogP contribution in [0.2, 0.25) is 0 Å². The van der Waals surface area contributed by atoms with Crippen molar-refractivity contribution in [3.63, 3.8) is 0 Å². The molecule has 0 fully saturated rings. The fourth-order valence-corrected chi connectivity index (χ4v) is 2.73. The highest BCUT2D eigenvalue weighted by atomic mass is 16.1. The normalized spacial score (nSPS) is 11.5. The highest BCUT2D eigenvalue weighted by molar-refractivity contribution is 6.16. The average Bonchev–Trinajstić information content (AvgIpc) is 2.97. The monoisotopic (exact) mass is 315 g/mol. The molecule has 116 valence electrons. The first-order valence-corrected chi connectivity index (χ1v) is 7.40. The van der Waals surface area contributed by atoms with E-state index in [0.717, 1.165) is 21.5 Å². The van der Waals surface area contributed by atoms with E-state index < -0.39 is 5.91 Å². The number of carbonyl (C=O) groups is 1. The Morgan fingerprint density at radius 2 is 1.83 bits per heavy atom. The zero-order chi connectivity index (χ0) is 16.5. The van der Waals surface area contributed by atoms with Crippen molar-refractivity contribution in [3.05, 3.63) is 66.5 Å². The Kier molecular flexibility index (Phi) is 3.28. The van der Waals surface area contributed by atoms with Gasteiger partial charge in [0.15, 0.2) is 5.82 Å². The highest BCUT2D eigenvalue weighted by Gasteiger charge is 2.12. The quantitative estimate of drug-likeness (QED) is 0.542. The van der Waals surface area contributed by atoms with Gasteiger partial charge in [-0.3, -0.25) is 9.78 Å². The fourth-order valence-electron chi connectivity index (χ4n) is 2.73. The summed E-state index contributed by atoms with van der Waals surface area (Å²) in [5.41, 5.74) is 6.35. The van der Waals surface area contributed by atoms with Crippen LogP contribution in [-0.4, -0.2) is 15.9 Å². The van der Waals surface area contributed by atoms with Gasteiger partial charge in [0.2, 0.25) is 0 Å². The van der Waals surface area contributed by atoms with Crippen LogP contribution in [0.5, 0.6) is 0 Å². The van der Waals surface area contributed by atoms with E-state index in [4.69, 9.17) is 5.73 Å². The van der Waals surface area contributed by atoms with Crippen LogP contribution in [0.15, 0.2) is 71.0 Å². The lowest BCUT2D eigenvalue weighted by atomic mass is 10.0. The number of aromatic amines is 1.